The molecule has 0 aliphatic rings. The molecule has 2 amide bonds. The number of aryl methyl sites for hydroxylation is 2. The number of amides is 2. The van der Waals surface area contributed by atoms with Crippen molar-refractivity contribution in [1.29, 1.82) is 0 Å². The molecule has 33 heavy (non-hydrogen) atoms. The second kappa shape index (κ2) is 9.52. The van der Waals surface area contributed by atoms with E-state index in [1.54, 1.807) is 35.0 Å². The maximum atomic E-state index is 12.3. The number of urea groups is 1. The van der Waals surface area contributed by atoms with Crippen molar-refractivity contribution in [3.8, 4) is 17.4 Å². The lowest BCUT2D eigenvalue weighted by molar-refractivity contribution is 0.262. The summed E-state index contributed by atoms with van der Waals surface area (Å²) in [6, 6.07) is 16.3. The first-order valence-electron chi connectivity index (χ1n) is 10.7. The Kier molecular flexibility index (Phi) is 6.35. The monoisotopic (exact) mass is 442 g/mol. The van der Waals surface area contributed by atoms with Gasteiger partial charge in [0, 0.05) is 23.1 Å². The fourth-order valence-electron chi connectivity index (χ4n) is 3.29. The van der Waals surface area contributed by atoms with Gasteiger partial charge < -0.3 is 15.4 Å². The smallest absolute Gasteiger partial charge is 0.323 e. The molecule has 0 spiro atoms. The third-order valence-electron chi connectivity index (χ3n) is 5.45. The molecule has 2 aromatic carbocycles. The first kappa shape index (κ1) is 22.0. The van der Waals surface area contributed by atoms with Gasteiger partial charge in [0.2, 0.25) is 5.88 Å². The van der Waals surface area contributed by atoms with Gasteiger partial charge in [0.15, 0.2) is 5.82 Å². The van der Waals surface area contributed by atoms with Crippen LogP contribution in [0.25, 0.3) is 5.82 Å². The first-order chi connectivity index (χ1) is 15.9. The van der Waals surface area contributed by atoms with Gasteiger partial charge in [0.05, 0.1) is 5.69 Å². The predicted octanol–water partition coefficient (Wildman–Crippen LogP) is 5.59. The van der Waals surface area contributed by atoms with Gasteiger partial charge >= 0.3 is 6.03 Å². The van der Waals surface area contributed by atoms with E-state index in [0.717, 1.165) is 29.1 Å². The maximum absolute atomic E-state index is 12.3. The van der Waals surface area contributed by atoms with Gasteiger partial charge in [-0.05, 0) is 74.7 Å². The molecule has 4 aromatic rings. The Morgan fingerprint density at radius 1 is 0.939 bits per heavy atom. The zero-order valence-corrected chi connectivity index (χ0v) is 19.1. The summed E-state index contributed by atoms with van der Waals surface area (Å²) in [5.41, 5.74) is 5.71. The molecule has 0 saturated heterocycles. The molecule has 0 aliphatic heterocycles. The predicted molar refractivity (Wildman–Crippen MR) is 128 cm³/mol. The molecule has 8 heteroatoms. The zero-order valence-electron chi connectivity index (χ0n) is 19.1. The van der Waals surface area contributed by atoms with Crippen LogP contribution in [0.2, 0.25) is 0 Å². The van der Waals surface area contributed by atoms with Crippen LogP contribution >= 0.6 is 0 Å². The Labute approximate surface area is 192 Å². The van der Waals surface area contributed by atoms with Crippen molar-refractivity contribution < 1.29 is 9.53 Å². The normalized spacial score (nSPS) is 10.7. The highest BCUT2D eigenvalue weighted by molar-refractivity contribution is 5.99. The van der Waals surface area contributed by atoms with Gasteiger partial charge in [0.25, 0.3) is 0 Å². The van der Waals surface area contributed by atoms with Gasteiger partial charge in [-0.3, -0.25) is 0 Å². The molecular weight excluding hydrogens is 416 g/mol. The number of rotatable bonds is 6. The van der Waals surface area contributed by atoms with Gasteiger partial charge in [-0.1, -0.05) is 19.1 Å². The van der Waals surface area contributed by atoms with Crippen molar-refractivity contribution in [2.75, 3.05) is 10.6 Å². The number of ether oxygens (including phenoxy) is 1. The fraction of sp³-hybridized carbons (Fsp3) is 0.200. The standard InChI is InChI=1S/C25H26N6O2/c1-5-19-6-8-20(9-7-19)28-25(32)29-21-10-12-22(13-11-21)33-24-14-23(26-15-27-24)31-18(4)16(2)17(3)30-31/h6-15H,5H2,1-4H3,(H2,28,29,32). The first-order valence-corrected chi connectivity index (χ1v) is 10.7. The third-order valence-corrected chi connectivity index (χ3v) is 5.45. The summed E-state index contributed by atoms with van der Waals surface area (Å²) >= 11 is 0. The van der Waals surface area contributed by atoms with Crippen LogP contribution in [0.4, 0.5) is 16.2 Å². The van der Waals surface area contributed by atoms with Crippen LogP contribution in [0.15, 0.2) is 60.9 Å². The number of hydrogen-bond acceptors (Lipinski definition) is 5. The molecule has 0 unspecified atom stereocenters. The Hall–Kier alpha value is -4.20. The van der Waals surface area contributed by atoms with E-state index in [0.29, 0.717) is 23.1 Å². The van der Waals surface area contributed by atoms with Crippen LogP contribution in [0.1, 0.15) is 29.4 Å². The average molecular weight is 443 g/mol. The highest BCUT2D eigenvalue weighted by Crippen LogP contribution is 2.23. The van der Waals surface area contributed by atoms with Crippen LogP contribution in [0.5, 0.6) is 11.6 Å². The average Bonchev–Trinajstić information content (AvgIpc) is 3.08. The minimum atomic E-state index is -0.312. The number of hydrogen-bond donors (Lipinski definition) is 2. The zero-order chi connectivity index (χ0) is 23.4. The third kappa shape index (κ3) is 5.17. The van der Waals surface area contributed by atoms with Gasteiger partial charge in [-0.15, -0.1) is 0 Å². The molecule has 168 valence electrons. The number of nitrogens with zero attached hydrogens (tertiary/aromatic N) is 4. The Morgan fingerprint density at radius 3 is 2.15 bits per heavy atom. The molecule has 2 heterocycles. The molecule has 0 bridgehead atoms. The lowest BCUT2D eigenvalue weighted by atomic mass is 10.1. The molecule has 4 rings (SSSR count). The summed E-state index contributed by atoms with van der Waals surface area (Å²) in [6.45, 7) is 8.09. The fourth-order valence-corrected chi connectivity index (χ4v) is 3.29. The minimum absolute atomic E-state index is 0.312. The Bertz CT molecular complexity index is 1260. The van der Waals surface area contributed by atoms with E-state index in [1.807, 2.05) is 45.0 Å². The number of carbonyl (C=O) groups excluding carboxylic acids is 1. The van der Waals surface area contributed by atoms with Crippen molar-refractivity contribution in [3.63, 3.8) is 0 Å². The van der Waals surface area contributed by atoms with Crippen LogP contribution in [0.3, 0.4) is 0 Å². The summed E-state index contributed by atoms with van der Waals surface area (Å²) in [5, 5.41) is 10.2. The SMILES string of the molecule is CCc1ccc(NC(=O)Nc2ccc(Oc3cc(-n4nc(C)c(C)c4C)ncn3)cc2)cc1. The van der Waals surface area contributed by atoms with Crippen molar-refractivity contribution in [3.05, 3.63) is 83.4 Å². The molecule has 0 saturated carbocycles. The minimum Gasteiger partial charge on any atom is -0.439 e. The van der Waals surface area contributed by atoms with Crippen LogP contribution < -0.4 is 15.4 Å². The second-order valence-corrected chi connectivity index (χ2v) is 7.68. The van der Waals surface area contributed by atoms with E-state index in [2.05, 4.69) is 32.6 Å². The molecule has 0 aliphatic carbocycles. The summed E-state index contributed by atoms with van der Waals surface area (Å²) in [4.78, 5) is 20.8. The van der Waals surface area contributed by atoms with E-state index < -0.39 is 0 Å². The Balaban J connectivity index is 1.39. The van der Waals surface area contributed by atoms with Gasteiger partial charge in [-0.25, -0.2) is 19.4 Å². The highest BCUT2D eigenvalue weighted by atomic mass is 16.5. The van der Waals surface area contributed by atoms with E-state index in [9.17, 15) is 4.79 Å². The van der Waals surface area contributed by atoms with Crippen LogP contribution in [0, 0.1) is 20.8 Å². The summed E-state index contributed by atoms with van der Waals surface area (Å²) in [6.07, 6.45) is 2.41. The lowest BCUT2D eigenvalue weighted by Gasteiger charge is -2.10. The van der Waals surface area contributed by atoms with Gasteiger partial charge in [0.1, 0.15) is 12.1 Å². The highest BCUT2D eigenvalue weighted by Gasteiger charge is 2.11. The summed E-state index contributed by atoms with van der Waals surface area (Å²) < 4.78 is 7.65. The van der Waals surface area contributed by atoms with Crippen LogP contribution in [-0.2, 0) is 6.42 Å². The van der Waals surface area contributed by atoms with E-state index >= 15 is 0 Å². The van der Waals surface area contributed by atoms with Gasteiger partial charge in [-0.2, -0.15) is 5.10 Å². The maximum Gasteiger partial charge on any atom is 0.323 e. The Morgan fingerprint density at radius 2 is 1.58 bits per heavy atom. The van der Waals surface area contributed by atoms with E-state index in [-0.39, 0.29) is 6.03 Å². The van der Waals surface area contributed by atoms with Crippen LogP contribution in [-0.4, -0.2) is 25.8 Å². The molecule has 2 aromatic heterocycles. The van der Waals surface area contributed by atoms with Crippen molar-refractivity contribution in [2.45, 2.75) is 34.1 Å². The van der Waals surface area contributed by atoms with Crippen molar-refractivity contribution >= 4 is 17.4 Å². The number of nitrogens with one attached hydrogen (secondary N) is 2. The molecule has 0 atom stereocenters. The number of anilines is 2. The summed E-state index contributed by atoms with van der Waals surface area (Å²) in [7, 11) is 0. The van der Waals surface area contributed by atoms with Crippen molar-refractivity contribution in [2.24, 2.45) is 0 Å². The molecule has 0 radical (unpaired) electrons. The van der Waals surface area contributed by atoms with Crippen molar-refractivity contribution in [1.82, 2.24) is 19.7 Å². The second-order valence-electron chi connectivity index (χ2n) is 7.68. The van der Waals surface area contributed by atoms with E-state index in [1.165, 1.54) is 11.9 Å². The molecule has 2 N–H and O–H groups in total. The lowest BCUT2D eigenvalue weighted by Crippen LogP contribution is -2.19. The molecule has 0 fully saturated rings. The number of aromatic nitrogens is 4. The quantitative estimate of drug-likeness (QED) is 0.406. The molecule has 8 nitrogen and oxygen atoms in total. The largest absolute Gasteiger partial charge is 0.439 e. The summed E-state index contributed by atoms with van der Waals surface area (Å²) in [5.74, 6) is 1.63. The molecular formula is C25H26N6O2. The number of carbonyl (C=O) groups is 1. The topological polar surface area (TPSA) is 94.0 Å². The number of benzene rings is 2. The van der Waals surface area contributed by atoms with E-state index in [4.69, 9.17) is 4.74 Å².